The van der Waals surface area contributed by atoms with Crippen molar-refractivity contribution < 1.29 is 26.4 Å². The van der Waals surface area contributed by atoms with Crippen LogP contribution in [0.4, 0.5) is 0 Å². The van der Waals surface area contributed by atoms with Gasteiger partial charge in [0.15, 0.2) is 0 Å². The van der Waals surface area contributed by atoms with Crippen LogP contribution in [0.5, 0.6) is 5.75 Å². The number of thioether (sulfide) groups is 1. The summed E-state index contributed by atoms with van der Waals surface area (Å²) in [6, 6.07) is 10.8. The summed E-state index contributed by atoms with van der Waals surface area (Å²) < 4.78 is 60.8. The number of hydrogen-bond donors (Lipinski definition) is 1. The van der Waals surface area contributed by atoms with Crippen LogP contribution in [0.3, 0.4) is 0 Å². The van der Waals surface area contributed by atoms with Gasteiger partial charge in [-0.1, -0.05) is 12.8 Å². The molecule has 0 spiro atoms. The molecule has 0 unspecified atom stereocenters. The van der Waals surface area contributed by atoms with Crippen molar-refractivity contribution in [3.63, 3.8) is 0 Å². The van der Waals surface area contributed by atoms with Gasteiger partial charge in [-0.25, -0.2) is 21.6 Å². The Hall–Kier alpha value is -2.12. The number of amides is 1. The van der Waals surface area contributed by atoms with Crippen molar-refractivity contribution >= 4 is 37.7 Å². The predicted molar refractivity (Wildman–Crippen MR) is 148 cm³/mol. The Morgan fingerprint density at radius 2 is 1.47 bits per heavy atom. The molecule has 1 amide bonds. The van der Waals surface area contributed by atoms with Gasteiger partial charge in [0, 0.05) is 37.6 Å². The molecule has 1 N–H and O–H groups in total. The van der Waals surface area contributed by atoms with Crippen LogP contribution < -0.4 is 9.46 Å². The van der Waals surface area contributed by atoms with Crippen molar-refractivity contribution in [1.29, 1.82) is 0 Å². The van der Waals surface area contributed by atoms with Crippen molar-refractivity contribution in [2.24, 2.45) is 0 Å². The van der Waals surface area contributed by atoms with Crippen LogP contribution in [0.15, 0.2) is 57.2 Å². The molecule has 12 heteroatoms. The van der Waals surface area contributed by atoms with E-state index in [9.17, 15) is 21.6 Å². The average Bonchev–Trinajstić information content (AvgIpc) is 3.35. The van der Waals surface area contributed by atoms with Crippen LogP contribution in [0.25, 0.3) is 0 Å². The Morgan fingerprint density at radius 1 is 0.868 bits per heavy atom. The van der Waals surface area contributed by atoms with Gasteiger partial charge in [0.2, 0.25) is 20.0 Å². The first-order chi connectivity index (χ1) is 18.2. The molecule has 2 aliphatic heterocycles. The summed E-state index contributed by atoms with van der Waals surface area (Å²) in [5.74, 6) is 0.311. The van der Waals surface area contributed by atoms with Gasteiger partial charge in [-0.05, 0) is 74.4 Å². The molecule has 2 fully saturated rings. The monoisotopic (exact) mass is 581 g/mol. The zero-order chi connectivity index (χ0) is 27.2. The quantitative estimate of drug-likeness (QED) is 0.337. The van der Waals surface area contributed by atoms with Gasteiger partial charge in [-0.15, -0.1) is 11.8 Å². The number of carbonyl (C=O) groups excluding carboxylic acids is 1. The highest BCUT2D eigenvalue weighted by atomic mass is 32.2. The third-order valence-electron chi connectivity index (χ3n) is 6.79. The smallest absolute Gasteiger partial charge is 0.255 e. The average molecular weight is 582 g/mol. The van der Waals surface area contributed by atoms with E-state index < -0.39 is 20.0 Å². The lowest BCUT2D eigenvalue weighted by Crippen LogP contribution is -2.33. The molecule has 38 heavy (non-hydrogen) atoms. The number of benzene rings is 2. The minimum Gasteiger partial charge on any atom is -0.492 e. The van der Waals surface area contributed by atoms with Crippen molar-refractivity contribution in [2.45, 2.75) is 53.2 Å². The van der Waals surface area contributed by atoms with Crippen molar-refractivity contribution in [2.75, 3.05) is 45.6 Å². The third kappa shape index (κ3) is 6.90. The molecule has 0 radical (unpaired) electrons. The maximum Gasteiger partial charge on any atom is 0.255 e. The second kappa shape index (κ2) is 12.8. The van der Waals surface area contributed by atoms with Crippen molar-refractivity contribution in [1.82, 2.24) is 13.9 Å². The summed E-state index contributed by atoms with van der Waals surface area (Å²) >= 11 is 1.42. The summed E-state index contributed by atoms with van der Waals surface area (Å²) in [7, 11) is -7.36. The Kier molecular flexibility index (Phi) is 9.74. The fourth-order valence-electron chi connectivity index (χ4n) is 4.68. The van der Waals surface area contributed by atoms with Gasteiger partial charge in [0.1, 0.15) is 12.4 Å². The van der Waals surface area contributed by atoms with Gasteiger partial charge in [-0.3, -0.25) is 4.79 Å². The fraction of sp³-hybridized carbons (Fsp3) is 0.500. The predicted octanol–water partition coefficient (Wildman–Crippen LogP) is 3.57. The fourth-order valence-corrected chi connectivity index (χ4v) is 7.81. The van der Waals surface area contributed by atoms with E-state index in [1.54, 1.807) is 18.2 Å². The summed E-state index contributed by atoms with van der Waals surface area (Å²) in [6.07, 6.45) is 7.71. The molecule has 2 aromatic carbocycles. The largest absolute Gasteiger partial charge is 0.492 e. The number of nitrogens with one attached hydrogen (secondary N) is 1. The summed E-state index contributed by atoms with van der Waals surface area (Å²) in [4.78, 5) is 16.0. The Labute approximate surface area is 230 Å². The van der Waals surface area contributed by atoms with E-state index in [4.69, 9.17) is 4.74 Å². The minimum atomic E-state index is -3.86. The Balaban J connectivity index is 1.35. The van der Waals surface area contributed by atoms with E-state index in [-0.39, 0.29) is 28.8 Å². The van der Waals surface area contributed by atoms with Crippen molar-refractivity contribution in [3.05, 3.63) is 48.0 Å². The van der Waals surface area contributed by atoms with Crippen molar-refractivity contribution in [3.8, 4) is 5.75 Å². The molecule has 0 bridgehead atoms. The zero-order valence-corrected chi connectivity index (χ0v) is 24.0. The van der Waals surface area contributed by atoms with E-state index in [1.807, 2.05) is 11.2 Å². The second-order valence-corrected chi connectivity index (χ2v) is 14.0. The van der Waals surface area contributed by atoms with Gasteiger partial charge >= 0.3 is 0 Å². The molecule has 0 saturated carbocycles. The Bertz CT molecular complexity index is 1320. The number of ether oxygens (including phenoxy) is 1. The van der Waals surface area contributed by atoms with Gasteiger partial charge in [0.05, 0.1) is 15.4 Å². The molecule has 0 aromatic heterocycles. The number of sulfonamides is 2. The first-order valence-corrected chi connectivity index (χ1v) is 17.1. The molecule has 0 atom stereocenters. The Morgan fingerprint density at radius 3 is 2.11 bits per heavy atom. The molecule has 4 rings (SSSR count). The standard InChI is InChI=1S/C26H35N3O6S3/c1-36-25-13-12-23(20-24(25)26(30)28-15-4-2-3-5-16-28)37(31,32)27-14-19-35-21-8-10-22(11-9-21)38(33,34)29-17-6-7-18-29/h8-13,20,27H,2-7,14-19H2,1H3. The number of hydrogen-bond acceptors (Lipinski definition) is 7. The summed E-state index contributed by atoms with van der Waals surface area (Å²) in [5.41, 5.74) is 0.405. The normalized spacial score (nSPS) is 17.3. The first kappa shape index (κ1) is 28.9. The van der Waals surface area contributed by atoms with E-state index in [1.165, 1.54) is 40.3 Å². The van der Waals surface area contributed by atoms with Crippen LogP contribution in [-0.2, 0) is 20.0 Å². The van der Waals surface area contributed by atoms with Gasteiger partial charge < -0.3 is 9.64 Å². The highest BCUT2D eigenvalue weighted by Crippen LogP contribution is 2.26. The molecule has 2 aliphatic rings. The molecular formula is C26H35N3O6S3. The maximum absolute atomic E-state index is 13.2. The maximum atomic E-state index is 13.2. The minimum absolute atomic E-state index is 0.00977. The van der Waals surface area contributed by atoms with Gasteiger partial charge in [0.25, 0.3) is 5.91 Å². The van der Waals surface area contributed by atoms with E-state index in [2.05, 4.69) is 4.72 Å². The van der Waals surface area contributed by atoms with Gasteiger partial charge in [-0.2, -0.15) is 4.31 Å². The summed E-state index contributed by atoms with van der Waals surface area (Å²) in [5, 5.41) is 0. The van der Waals surface area contributed by atoms with Crippen LogP contribution in [0, 0.1) is 0 Å². The number of rotatable bonds is 10. The zero-order valence-electron chi connectivity index (χ0n) is 21.6. The van der Waals surface area contributed by atoms with Crippen LogP contribution in [0.2, 0.25) is 0 Å². The lowest BCUT2D eigenvalue weighted by molar-refractivity contribution is 0.0758. The van der Waals surface area contributed by atoms with E-state index in [0.717, 1.165) is 43.4 Å². The topological polar surface area (TPSA) is 113 Å². The summed E-state index contributed by atoms with van der Waals surface area (Å²) in [6.45, 7) is 2.51. The highest BCUT2D eigenvalue weighted by molar-refractivity contribution is 7.98. The third-order valence-corrected chi connectivity index (χ3v) is 11.0. The highest BCUT2D eigenvalue weighted by Gasteiger charge is 2.27. The molecule has 2 heterocycles. The second-order valence-electron chi connectivity index (χ2n) is 9.40. The van der Waals surface area contributed by atoms with E-state index >= 15 is 0 Å². The molecular weight excluding hydrogens is 547 g/mol. The molecule has 0 aliphatic carbocycles. The number of nitrogens with zero attached hydrogens (tertiary/aromatic N) is 2. The van der Waals surface area contributed by atoms with E-state index in [0.29, 0.717) is 37.5 Å². The van der Waals surface area contributed by atoms with Crippen LogP contribution in [0.1, 0.15) is 48.9 Å². The molecule has 2 saturated heterocycles. The van der Waals surface area contributed by atoms with Crippen LogP contribution >= 0.6 is 11.8 Å². The molecule has 2 aromatic rings. The lowest BCUT2D eigenvalue weighted by atomic mass is 10.2. The molecule has 9 nitrogen and oxygen atoms in total. The molecule has 208 valence electrons. The SMILES string of the molecule is CSc1ccc(S(=O)(=O)NCCOc2ccc(S(=O)(=O)N3CCCC3)cc2)cc1C(=O)N1CCCCCC1. The lowest BCUT2D eigenvalue weighted by Gasteiger charge is -2.22. The van der Waals surface area contributed by atoms with Crippen LogP contribution in [-0.4, -0.2) is 77.5 Å². The first-order valence-electron chi connectivity index (χ1n) is 12.9. The number of carbonyl (C=O) groups is 1. The number of likely N-dealkylation sites (tertiary alicyclic amines) is 1.